The van der Waals surface area contributed by atoms with E-state index in [1.807, 2.05) is 6.07 Å². The Kier molecular flexibility index (Phi) is 10.9. The van der Waals surface area contributed by atoms with Gasteiger partial charge in [0.1, 0.15) is 28.3 Å². The summed E-state index contributed by atoms with van der Waals surface area (Å²) >= 11 is 0. The topological polar surface area (TPSA) is 182 Å². The Morgan fingerprint density at radius 2 is 1.41 bits per heavy atom. The first kappa shape index (κ1) is 29.2. The van der Waals surface area contributed by atoms with Crippen LogP contribution in [0.2, 0.25) is 0 Å². The van der Waals surface area contributed by atoms with Crippen molar-refractivity contribution in [3.8, 4) is 0 Å². The number of nitrogens with one attached hydrogen (secondary N) is 3. The van der Waals surface area contributed by atoms with E-state index in [2.05, 4.69) is 16.0 Å². The van der Waals surface area contributed by atoms with Gasteiger partial charge in [0, 0.05) is 19.2 Å². The molecular weight excluding hydrogens is 500 g/mol. The SMILES string of the molecule is CS(=O)(=O)CC[C@H](NC(=O)CC(N)=O)C(=O)N[C@@H](Cc1ccccc1)C(=O)C(=O)NCc1ccccc1. The molecule has 0 radical (unpaired) electrons. The smallest absolute Gasteiger partial charge is 0.289 e. The molecule has 2 rings (SSSR count). The van der Waals surface area contributed by atoms with E-state index in [9.17, 15) is 32.4 Å². The van der Waals surface area contributed by atoms with Gasteiger partial charge in [-0.2, -0.15) is 0 Å². The Morgan fingerprint density at radius 3 is 1.95 bits per heavy atom. The molecule has 0 aliphatic rings. The molecule has 0 bridgehead atoms. The molecule has 11 nitrogen and oxygen atoms in total. The number of benzene rings is 2. The highest BCUT2D eigenvalue weighted by atomic mass is 32.2. The molecule has 0 aliphatic heterocycles. The third-order valence-corrected chi connectivity index (χ3v) is 6.18. The molecule has 0 fully saturated rings. The number of carbonyl (C=O) groups is 5. The summed E-state index contributed by atoms with van der Waals surface area (Å²) in [6.45, 7) is 0.0948. The quantitative estimate of drug-likeness (QED) is 0.186. The van der Waals surface area contributed by atoms with Gasteiger partial charge in [-0.15, -0.1) is 0 Å². The van der Waals surface area contributed by atoms with Crippen molar-refractivity contribution in [1.82, 2.24) is 16.0 Å². The van der Waals surface area contributed by atoms with Crippen LogP contribution in [0.25, 0.3) is 0 Å². The van der Waals surface area contributed by atoms with Gasteiger partial charge in [0.05, 0.1) is 5.75 Å². The van der Waals surface area contributed by atoms with Gasteiger partial charge in [0.25, 0.3) is 5.91 Å². The standard InChI is InChI=1S/C25H30N4O7S/c1-37(35,36)13-12-19(28-22(31)15-21(26)30)24(33)29-20(14-17-8-4-2-5-9-17)23(32)25(34)27-16-18-10-6-3-7-11-18/h2-11,19-20H,12-16H2,1H3,(H2,26,30)(H,27,34)(H,28,31)(H,29,33)/t19-,20-/m0/s1. The Bertz CT molecular complexity index is 1220. The maximum Gasteiger partial charge on any atom is 0.289 e. The predicted octanol–water partition coefficient (Wildman–Crippen LogP) is -0.606. The molecule has 0 aromatic heterocycles. The molecule has 4 amide bonds. The molecule has 2 aromatic carbocycles. The minimum atomic E-state index is -3.51. The lowest BCUT2D eigenvalue weighted by atomic mass is 10.0. The van der Waals surface area contributed by atoms with Crippen molar-refractivity contribution in [3.63, 3.8) is 0 Å². The molecular formula is C25H30N4O7S. The number of hydrogen-bond acceptors (Lipinski definition) is 7. The first-order valence-corrected chi connectivity index (χ1v) is 13.5. The Balaban J connectivity index is 2.21. The third kappa shape index (κ3) is 11.0. The van der Waals surface area contributed by atoms with Crippen LogP contribution in [-0.2, 0) is 46.8 Å². The maximum absolute atomic E-state index is 13.1. The highest BCUT2D eigenvalue weighted by molar-refractivity contribution is 7.90. The zero-order valence-corrected chi connectivity index (χ0v) is 21.1. The van der Waals surface area contributed by atoms with E-state index in [-0.39, 0.29) is 19.4 Å². The van der Waals surface area contributed by atoms with Crippen LogP contribution in [0.1, 0.15) is 24.0 Å². The molecule has 198 valence electrons. The van der Waals surface area contributed by atoms with Crippen LogP contribution in [0.4, 0.5) is 0 Å². The molecule has 12 heteroatoms. The van der Waals surface area contributed by atoms with E-state index in [0.717, 1.165) is 11.8 Å². The van der Waals surface area contributed by atoms with Crippen LogP contribution in [0.3, 0.4) is 0 Å². The lowest BCUT2D eigenvalue weighted by Gasteiger charge is -2.22. The highest BCUT2D eigenvalue weighted by Gasteiger charge is 2.31. The van der Waals surface area contributed by atoms with Crippen molar-refractivity contribution < 1.29 is 32.4 Å². The first-order chi connectivity index (χ1) is 17.4. The van der Waals surface area contributed by atoms with E-state index in [1.165, 1.54) is 0 Å². The Labute approximate surface area is 215 Å². The molecule has 2 atom stereocenters. The normalized spacial score (nSPS) is 12.6. The average molecular weight is 531 g/mol. The van der Waals surface area contributed by atoms with E-state index >= 15 is 0 Å². The maximum atomic E-state index is 13.1. The van der Waals surface area contributed by atoms with Gasteiger partial charge in [0.2, 0.25) is 23.5 Å². The molecule has 0 saturated carbocycles. The van der Waals surface area contributed by atoms with Gasteiger partial charge < -0.3 is 21.7 Å². The summed E-state index contributed by atoms with van der Waals surface area (Å²) < 4.78 is 23.3. The second-order valence-electron chi connectivity index (χ2n) is 8.47. The van der Waals surface area contributed by atoms with Crippen molar-refractivity contribution in [2.75, 3.05) is 12.0 Å². The minimum Gasteiger partial charge on any atom is -0.369 e. The van der Waals surface area contributed by atoms with Crippen molar-refractivity contribution in [2.45, 2.75) is 37.9 Å². The second-order valence-corrected chi connectivity index (χ2v) is 10.7. The van der Waals surface area contributed by atoms with Crippen LogP contribution in [0.5, 0.6) is 0 Å². The highest BCUT2D eigenvalue weighted by Crippen LogP contribution is 2.07. The lowest BCUT2D eigenvalue weighted by molar-refractivity contribution is -0.140. The molecule has 0 heterocycles. The first-order valence-electron chi connectivity index (χ1n) is 11.4. The number of primary amides is 1. The molecule has 0 aliphatic carbocycles. The number of carbonyl (C=O) groups excluding carboxylic acids is 5. The van der Waals surface area contributed by atoms with Gasteiger partial charge in [-0.1, -0.05) is 60.7 Å². The van der Waals surface area contributed by atoms with Crippen LogP contribution in [0.15, 0.2) is 60.7 Å². The summed E-state index contributed by atoms with van der Waals surface area (Å²) in [5.74, 6) is -4.99. The summed E-state index contributed by atoms with van der Waals surface area (Å²) in [6.07, 6.45) is -0.0945. The second kappa shape index (κ2) is 13.9. The summed E-state index contributed by atoms with van der Waals surface area (Å²) in [5.41, 5.74) is 6.44. The van der Waals surface area contributed by atoms with Crippen LogP contribution in [0, 0.1) is 0 Å². The molecule has 0 saturated heterocycles. The number of amides is 4. The lowest BCUT2D eigenvalue weighted by Crippen LogP contribution is -2.55. The molecule has 0 spiro atoms. The van der Waals surface area contributed by atoms with Crippen LogP contribution < -0.4 is 21.7 Å². The van der Waals surface area contributed by atoms with E-state index in [1.54, 1.807) is 54.6 Å². The van der Waals surface area contributed by atoms with Crippen LogP contribution >= 0.6 is 0 Å². The van der Waals surface area contributed by atoms with Crippen molar-refractivity contribution in [2.24, 2.45) is 5.73 Å². The van der Waals surface area contributed by atoms with Gasteiger partial charge in [-0.3, -0.25) is 24.0 Å². The summed E-state index contributed by atoms with van der Waals surface area (Å²) in [7, 11) is -3.51. The van der Waals surface area contributed by atoms with Crippen molar-refractivity contribution >= 4 is 39.2 Å². The number of Topliss-reactive ketones (excluding diaryl/α,β-unsaturated/α-hetero) is 1. The van der Waals surface area contributed by atoms with Gasteiger partial charge in [0.15, 0.2) is 0 Å². The Morgan fingerprint density at radius 1 is 0.838 bits per heavy atom. The number of hydrogen-bond donors (Lipinski definition) is 4. The zero-order valence-electron chi connectivity index (χ0n) is 20.3. The fourth-order valence-corrected chi connectivity index (χ4v) is 4.02. The number of sulfone groups is 1. The predicted molar refractivity (Wildman–Crippen MR) is 135 cm³/mol. The molecule has 5 N–H and O–H groups in total. The fourth-order valence-electron chi connectivity index (χ4n) is 3.36. The number of rotatable bonds is 14. The van der Waals surface area contributed by atoms with Crippen molar-refractivity contribution in [1.29, 1.82) is 0 Å². The summed E-state index contributed by atoms with van der Waals surface area (Å²) in [5, 5.41) is 7.27. The molecule has 2 aromatic rings. The average Bonchev–Trinajstić information content (AvgIpc) is 2.84. The van der Waals surface area contributed by atoms with Crippen molar-refractivity contribution in [3.05, 3.63) is 71.8 Å². The molecule has 0 unspecified atom stereocenters. The van der Waals surface area contributed by atoms with E-state index < -0.39 is 63.5 Å². The summed E-state index contributed by atoms with van der Waals surface area (Å²) in [4.78, 5) is 61.9. The van der Waals surface area contributed by atoms with E-state index in [0.29, 0.717) is 5.56 Å². The molecule has 37 heavy (non-hydrogen) atoms. The minimum absolute atomic E-state index is 0.0296. The van der Waals surface area contributed by atoms with Gasteiger partial charge in [-0.05, 0) is 17.5 Å². The monoisotopic (exact) mass is 530 g/mol. The summed E-state index contributed by atoms with van der Waals surface area (Å²) in [6, 6.07) is 14.9. The fraction of sp³-hybridized carbons (Fsp3) is 0.320. The number of ketones is 1. The number of nitrogens with two attached hydrogens (primary N) is 1. The van der Waals surface area contributed by atoms with Crippen LogP contribution in [-0.4, -0.2) is 61.9 Å². The largest absolute Gasteiger partial charge is 0.369 e. The third-order valence-electron chi connectivity index (χ3n) is 5.20. The zero-order chi connectivity index (χ0) is 27.4. The Hall–Kier alpha value is -4.06. The van der Waals surface area contributed by atoms with Gasteiger partial charge >= 0.3 is 0 Å². The van der Waals surface area contributed by atoms with Gasteiger partial charge in [-0.25, -0.2) is 8.42 Å². The van der Waals surface area contributed by atoms with E-state index in [4.69, 9.17) is 5.73 Å².